The summed E-state index contributed by atoms with van der Waals surface area (Å²) in [5.74, 6) is 1.89. The largest absolute Gasteiger partial charge is 0.493 e. The summed E-state index contributed by atoms with van der Waals surface area (Å²) >= 11 is 2.04. The molecule has 3 N–H and O–H groups in total. The number of halogens is 1. The Morgan fingerprint density at radius 2 is 2.05 bits per heavy atom. The molecule has 232 valence electrons. The molecule has 0 heterocycles. The molecule has 42 heavy (non-hydrogen) atoms. The maximum absolute atomic E-state index is 13.9. The fourth-order valence-electron chi connectivity index (χ4n) is 6.76. The van der Waals surface area contributed by atoms with Gasteiger partial charge in [0.2, 0.25) is 11.8 Å². The van der Waals surface area contributed by atoms with Gasteiger partial charge in [0.15, 0.2) is 11.5 Å². The van der Waals surface area contributed by atoms with Crippen molar-refractivity contribution in [2.75, 3.05) is 40.0 Å². The van der Waals surface area contributed by atoms with Crippen LogP contribution in [0, 0.1) is 21.3 Å². The Bertz CT molecular complexity index is 1140. The van der Waals surface area contributed by atoms with Gasteiger partial charge in [0.1, 0.15) is 18.5 Å². The van der Waals surface area contributed by atoms with Crippen molar-refractivity contribution >= 4 is 40.7 Å². The lowest BCUT2D eigenvalue weighted by atomic mass is 9.84. The van der Waals surface area contributed by atoms with E-state index >= 15 is 0 Å². The second-order valence-corrected chi connectivity index (χ2v) is 12.6. The van der Waals surface area contributed by atoms with E-state index in [2.05, 4.69) is 5.32 Å². The first-order valence-electron chi connectivity index (χ1n) is 14.9. The number of hydrogen-bond acceptors (Lipinski definition) is 8. The minimum absolute atomic E-state index is 0.0219. The van der Waals surface area contributed by atoms with E-state index in [1.807, 2.05) is 29.5 Å². The molecule has 2 saturated carbocycles. The van der Waals surface area contributed by atoms with E-state index in [1.54, 1.807) is 23.1 Å². The smallest absolute Gasteiger partial charge is 0.247 e. The summed E-state index contributed by atoms with van der Waals surface area (Å²) in [7, 11) is 1.46. The molecule has 1 aromatic carbocycles. The molecule has 3 aliphatic rings. The third-order valence-electron chi connectivity index (χ3n) is 8.79. The third kappa shape index (κ3) is 7.83. The van der Waals surface area contributed by atoms with Crippen molar-refractivity contribution in [3.63, 3.8) is 0 Å². The van der Waals surface area contributed by atoms with Gasteiger partial charge in [-0.15, -0.1) is 0 Å². The summed E-state index contributed by atoms with van der Waals surface area (Å²) in [5, 5.41) is 23.7. The number of nitrogens with zero attached hydrogens (tertiary/aromatic N) is 1. The number of amides is 2. The molecule has 2 fully saturated rings. The molecule has 3 aliphatic carbocycles. The first-order valence-corrected chi connectivity index (χ1v) is 16.0. The van der Waals surface area contributed by atoms with Gasteiger partial charge in [-0.25, -0.2) is 0 Å². The number of carbonyl (C=O) groups excluding carboxylic acids is 3. The normalized spacial score (nSPS) is 26.5. The topological polar surface area (TPSA) is 135 Å². The average molecular weight is 699 g/mol. The van der Waals surface area contributed by atoms with E-state index < -0.39 is 18.2 Å². The Hall–Kier alpha value is -2.22. The molecule has 0 radical (unpaired) electrons. The Morgan fingerprint density at radius 3 is 2.69 bits per heavy atom. The molecule has 0 aliphatic heterocycles. The van der Waals surface area contributed by atoms with Crippen LogP contribution in [0.3, 0.4) is 0 Å². The number of aliphatic hydroxyl groups is 2. The SMILES string of the molecule is CCOCCCN(C(=O)CC1CC2CCC1C2)C1CC(C(=O)NCCO)=CC(Oc2c(I)cc(C=O)cc2OC)C1O. The minimum atomic E-state index is -1.14. The summed E-state index contributed by atoms with van der Waals surface area (Å²) in [6.45, 7) is 3.22. The summed E-state index contributed by atoms with van der Waals surface area (Å²) < 4.78 is 17.9. The van der Waals surface area contributed by atoms with Crippen LogP contribution in [0.2, 0.25) is 0 Å². The van der Waals surface area contributed by atoms with Crippen molar-refractivity contribution in [3.8, 4) is 11.5 Å². The monoisotopic (exact) mass is 698 g/mol. The van der Waals surface area contributed by atoms with Crippen LogP contribution in [0.5, 0.6) is 11.5 Å². The number of methoxy groups -OCH3 is 1. The fourth-order valence-corrected chi connectivity index (χ4v) is 7.52. The van der Waals surface area contributed by atoms with Gasteiger partial charge in [-0.3, -0.25) is 14.4 Å². The summed E-state index contributed by atoms with van der Waals surface area (Å²) in [6.07, 6.45) is 6.05. The molecule has 0 aromatic heterocycles. The number of rotatable bonds is 15. The maximum Gasteiger partial charge on any atom is 0.247 e. The van der Waals surface area contributed by atoms with Crippen LogP contribution in [-0.2, 0) is 14.3 Å². The zero-order valence-electron chi connectivity index (χ0n) is 24.4. The van der Waals surface area contributed by atoms with Crippen LogP contribution < -0.4 is 14.8 Å². The maximum atomic E-state index is 13.9. The standard InChI is InChI=1S/C31H43IN2O8/c1-3-41-10-4-8-34(28(37)17-22-12-19-5-6-21(22)11-19)25-15-23(31(39)33-7-9-35)16-26(29(25)38)42-30-24(32)13-20(18-36)14-27(30)40-2/h13-14,16,18-19,21-22,25-26,29,35,38H,3-12,15,17H2,1-2H3,(H,33,39). The molecular formula is C31H43IN2O8. The molecule has 4 rings (SSSR count). The molecule has 6 atom stereocenters. The van der Waals surface area contributed by atoms with Crippen LogP contribution in [0.1, 0.15) is 62.2 Å². The molecule has 11 heteroatoms. The quantitative estimate of drug-likeness (QED) is 0.145. The highest BCUT2D eigenvalue weighted by molar-refractivity contribution is 14.1. The number of aldehydes is 1. The molecule has 0 spiro atoms. The van der Waals surface area contributed by atoms with E-state index in [0.29, 0.717) is 82.8 Å². The van der Waals surface area contributed by atoms with Crippen molar-refractivity contribution < 1.29 is 38.8 Å². The number of aliphatic hydroxyl groups excluding tert-OH is 2. The summed E-state index contributed by atoms with van der Waals surface area (Å²) in [4.78, 5) is 40.2. The molecule has 6 unspecified atom stereocenters. The van der Waals surface area contributed by atoms with Crippen molar-refractivity contribution in [3.05, 3.63) is 32.9 Å². The molecule has 1 aromatic rings. The molecule has 0 saturated heterocycles. The highest BCUT2D eigenvalue weighted by Gasteiger charge is 2.44. The van der Waals surface area contributed by atoms with E-state index in [-0.39, 0.29) is 31.4 Å². The second-order valence-electron chi connectivity index (χ2n) is 11.4. The Kier molecular flexibility index (Phi) is 12.1. The minimum Gasteiger partial charge on any atom is -0.493 e. The van der Waals surface area contributed by atoms with Gasteiger partial charge in [0, 0.05) is 50.3 Å². The number of hydrogen-bond donors (Lipinski definition) is 3. The van der Waals surface area contributed by atoms with Crippen LogP contribution in [0.4, 0.5) is 0 Å². The molecule has 2 amide bonds. The Morgan fingerprint density at radius 1 is 1.24 bits per heavy atom. The lowest BCUT2D eigenvalue weighted by Gasteiger charge is -2.41. The van der Waals surface area contributed by atoms with E-state index in [1.165, 1.54) is 26.4 Å². The average Bonchev–Trinajstić information content (AvgIpc) is 3.61. The fraction of sp³-hybridized carbons (Fsp3) is 0.645. The predicted octanol–water partition coefficient (Wildman–Crippen LogP) is 3.11. The van der Waals surface area contributed by atoms with Crippen molar-refractivity contribution in [1.29, 1.82) is 0 Å². The first-order chi connectivity index (χ1) is 20.3. The van der Waals surface area contributed by atoms with Crippen molar-refractivity contribution in [1.82, 2.24) is 10.2 Å². The highest BCUT2D eigenvalue weighted by Crippen LogP contribution is 2.50. The van der Waals surface area contributed by atoms with E-state index in [4.69, 9.17) is 14.2 Å². The van der Waals surface area contributed by atoms with Gasteiger partial charge in [-0.2, -0.15) is 0 Å². The number of fused-ring (bicyclic) bond motifs is 2. The number of ether oxygens (including phenoxy) is 3. The van der Waals surface area contributed by atoms with Gasteiger partial charge >= 0.3 is 0 Å². The summed E-state index contributed by atoms with van der Waals surface area (Å²) in [6, 6.07) is 2.49. The number of carbonyl (C=O) groups is 3. The van der Waals surface area contributed by atoms with E-state index in [0.717, 1.165) is 6.42 Å². The number of benzene rings is 1. The van der Waals surface area contributed by atoms with Gasteiger partial charge in [0.25, 0.3) is 0 Å². The first kappa shape index (κ1) is 32.7. The zero-order chi connectivity index (χ0) is 30.2. The third-order valence-corrected chi connectivity index (χ3v) is 9.59. The predicted molar refractivity (Wildman–Crippen MR) is 164 cm³/mol. The highest BCUT2D eigenvalue weighted by atomic mass is 127. The number of nitrogens with one attached hydrogen (secondary N) is 1. The van der Waals surface area contributed by atoms with Crippen LogP contribution >= 0.6 is 22.6 Å². The Balaban J connectivity index is 1.63. The summed E-state index contributed by atoms with van der Waals surface area (Å²) in [5.41, 5.74) is 0.779. The lowest BCUT2D eigenvalue weighted by molar-refractivity contribution is -0.140. The van der Waals surface area contributed by atoms with Crippen LogP contribution in [0.25, 0.3) is 0 Å². The Labute approximate surface area is 261 Å². The van der Waals surface area contributed by atoms with Gasteiger partial charge in [-0.05, 0) is 91.2 Å². The molecular weight excluding hydrogens is 655 g/mol. The van der Waals surface area contributed by atoms with Crippen LogP contribution in [-0.4, -0.2) is 91.5 Å². The second kappa shape index (κ2) is 15.5. The molecule has 2 bridgehead atoms. The van der Waals surface area contributed by atoms with Crippen molar-refractivity contribution in [2.24, 2.45) is 17.8 Å². The van der Waals surface area contributed by atoms with Gasteiger partial charge in [-0.1, -0.05) is 6.42 Å². The molecule has 10 nitrogen and oxygen atoms in total. The van der Waals surface area contributed by atoms with E-state index in [9.17, 15) is 24.6 Å². The lowest BCUT2D eigenvalue weighted by Crippen LogP contribution is -2.55. The van der Waals surface area contributed by atoms with Gasteiger partial charge in [0.05, 0.1) is 23.3 Å². The van der Waals surface area contributed by atoms with Gasteiger partial charge < -0.3 is 34.6 Å². The van der Waals surface area contributed by atoms with Crippen molar-refractivity contribution in [2.45, 2.75) is 70.1 Å². The van der Waals surface area contributed by atoms with Crippen LogP contribution in [0.15, 0.2) is 23.8 Å². The zero-order valence-corrected chi connectivity index (χ0v) is 26.6.